The van der Waals surface area contributed by atoms with Gasteiger partial charge in [-0.25, -0.2) is 0 Å². The second kappa shape index (κ2) is 4.21. The first-order valence-corrected chi connectivity index (χ1v) is 4.68. The number of rotatable bonds is 3. The van der Waals surface area contributed by atoms with E-state index in [1.807, 2.05) is 0 Å². The van der Waals surface area contributed by atoms with Crippen LogP contribution in [0.5, 0.6) is 0 Å². The van der Waals surface area contributed by atoms with Crippen LogP contribution in [0.2, 0.25) is 0 Å². The van der Waals surface area contributed by atoms with Crippen LogP contribution in [0.4, 0.5) is 0 Å². The lowest BCUT2D eigenvalue weighted by molar-refractivity contribution is 0.0671. The minimum Gasteiger partial charge on any atom is -0.389 e. The Bertz CT molecular complexity index is 138. The second-order valence-corrected chi connectivity index (χ2v) is 3.60. The van der Waals surface area contributed by atoms with Crippen molar-refractivity contribution in [1.29, 1.82) is 0 Å². The highest BCUT2D eigenvalue weighted by atomic mass is 16.5. The molecule has 0 radical (unpaired) electrons. The summed E-state index contributed by atoms with van der Waals surface area (Å²) in [6.07, 6.45) is -0.299. The maximum absolute atomic E-state index is 9.57. The normalized spacial score (nSPS) is 30.5. The van der Waals surface area contributed by atoms with Crippen molar-refractivity contribution in [2.24, 2.45) is 0 Å². The average molecular weight is 173 g/mol. The summed E-state index contributed by atoms with van der Waals surface area (Å²) in [5.41, 5.74) is 0. The number of hydrogen-bond acceptors (Lipinski definition) is 3. The molecule has 0 amide bonds. The molecule has 0 saturated carbocycles. The number of likely N-dealkylation sites (N-methyl/N-ethyl adjacent to an activating group) is 1. The first-order valence-electron chi connectivity index (χ1n) is 4.68. The third kappa shape index (κ3) is 1.97. The van der Waals surface area contributed by atoms with Crippen LogP contribution in [0.15, 0.2) is 0 Å². The Kier molecular flexibility index (Phi) is 3.50. The Labute approximate surface area is 74.3 Å². The van der Waals surface area contributed by atoms with E-state index in [0.717, 1.165) is 6.54 Å². The van der Waals surface area contributed by atoms with Gasteiger partial charge in [0.2, 0.25) is 0 Å². The lowest BCUT2D eigenvalue weighted by Gasteiger charge is -2.32. The topological polar surface area (TPSA) is 32.7 Å². The molecule has 1 aliphatic rings. The van der Waals surface area contributed by atoms with Gasteiger partial charge in [-0.15, -0.1) is 0 Å². The van der Waals surface area contributed by atoms with Crippen LogP contribution in [0.1, 0.15) is 20.8 Å². The van der Waals surface area contributed by atoms with E-state index in [-0.39, 0.29) is 12.1 Å². The van der Waals surface area contributed by atoms with Crippen molar-refractivity contribution < 1.29 is 9.84 Å². The van der Waals surface area contributed by atoms with Crippen molar-refractivity contribution in [3.63, 3.8) is 0 Å². The van der Waals surface area contributed by atoms with Crippen LogP contribution < -0.4 is 0 Å². The molecule has 1 N–H and O–H groups in total. The summed E-state index contributed by atoms with van der Waals surface area (Å²) in [6.45, 7) is 8.55. The molecule has 1 heterocycles. The summed E-state index contributed by atoms with van der Waals surface area (Å²) in [4.78, 5) is 2.28. The van der Waals surface area contributed by atoms with Gasteiger partial charge in [0.15, 0.2) is 0 Å². The quantitative estimate of drug-likeness (QED) is 0.673. The number of aliphatic hydroxyl groups is 1. The van der Waals surface area contributed by atoms with E-state index >= 15 is 0 Å². The van der Waals surface area contributed by atoms with Crippen molar-refractivity contribution in [3.05, 3.63) is 0 Å². The summed E-state index contributed by atoms with van der Waals surface area (Å²) in [5, 5.41) is 9.57. The molecule has 72 valence electrons. The highest BCUT2D eigenvalue weighted by Crippen LogP contribution is 2.15. The van der Waals surface area contributed by atoms with Gasteiger partial charge >= 0.3 is 0 Å². The zero-order chi connectivity index (χ0) is 9.14. The van der Waals surface area contributed by atoms with E-state index in [2.05, 4.69) is 25.7 Å². The van der Waals surface area contributed by atoms with Gasteiger partial charge < -0.3 is 9.84 Å². The minimum atomic E-state index is -0.299. The smallest absolute Gasteiger partial charge is 0.0950 e. The summed E-state index contributed by atoms with van der Waals surface area (Å²) >= 11 is 0. The maximum Gasteiger partial charge on any atom is 0.0950 e. The molecule has 2 atom stereocenters. The molecule has 0 aromatic heterocycles. The number of nitrogens with zero attached hydrogens (tertiary/aromatic N) is 1. The van der Waals surface area contributed by atoms with E-state index in [4.69, 9.17) is 4.74 Å². The average Bonchev–Trinajstić information content (AvgIpc) is 2.38. The molecule has 1 aliphatic heterocycles. The van der Waals surface area contributed by atoms with Gasteiger partial charge in [-0.1, -0.05) is 6.92 Å². The summed E-state index contributed by atoms with van der Waals surface area (Å²) in [7, 11) is 0. The van der Waals surface area contributed by atoms with Gasteiger partial charge in [0.1, 0.15) is 0 Å². The number of aliphatic hydroxyl groups excluding tert-OH is 1. The molecular formula is C9H19NO2. The fourth-order valence-electron chi connectivity index (χ4n) is 1.83. The lowest BCUT2D eigenvalue weighted by atomic mass is 10.1. The number of hydrogen-bond donors (Lipinski definition) is 1. The van der Waals surface area contributed by atoms with Crippen LogP contribution in [0.3, 0.4) is 0 Å². The van der Waals surface area contributed by atoms with Crippen LogP contribution in [-0.2, 0) is 4.74 Å². The fraction of sp³-hybridized carbons (Fsp3) is 1.00. The third-order valence-electron chi connectivity index (χ3n) is 2.48. The lowest BCUT2D eigenvalue weighted by Crippen LogP contribution is -2.46. The molecule has 1 rings (SSSR count). The molecular weight excluding hydrogens is 154 g/mol. The molecule has 0 aliphatic carbocycles. The Balaban J connectivity index is 2.52. The van der Waals surface area contributed by atoms with Crippen molar-refractivity contribution in [1.82, 2.24) is 4.90 Å². The van der Waals surface area contributed by atoms with Crippen molar-refractivity contribution in [3.8, 4) is 0 Å². The van der Waals surface area contributed by atoms with E-state index in [0.29, 0.717) is 19.3 Å². The Morgan fingerprint density at radius 3 is 2.50 bits per heavy atom. The van der Waals surface area contributed by atoms with Crippen molar-refractivity contribution in [2.75, 3.05) is 19.8 Å². The van der Waals surface area contributed by atoms with Gasteiger partial charge in [-0.05, 0) is 20.4 Å². The van der Waals surface area contributed by atoms with Gasteiger partial charge in [-0.2, -0.15) is 0 Å². The fourth-order valence-corrected chi connectivity index (χ4v) is 1.83. The van der Waals surface area contributed by atoms with E-state index in [1.165, 1.54) is 0 Å². The minimum absolute atomic E-state index is 0.204. The Morgan fingerprint density at radius 1 is 1.50 bits per heavy atom. The molecule has 2 unspecified atom stereocenters. The summed E-state index contributed by atoms with van der Waals surface area (Å²) < 4.78 is 5.21. The largest absolute Gasteiger partial charge is 0.389 e. The molecule has 3 heteroatoms. The van der Waals surface area contributed by atoms with Gasteiger partial charge in [-0.3, -0.25) is 4.90 Å². The van der Waals surface area contributed by atoms with Gasteiger partial charge in [0.25, 0.3) is 0 Å². The molecule has 0 bridgehead atoms. The molecule has 0 aromatic rings. The first kappa shape index (κ1) is 9.96. The molecule has 0 aromatic carbocycles. The number of ether oxygens (including phenoxy) is 1. The van der Waals surface area contributed by atoms with Crippen molar-refractivity contribution in [2.45, 2.75) is 39.0 Å². The highest BCUT2D eigenvalue weighted by Gasteiger charge is 2.31. The zero-order valence-corrected chi connectivity index (χ0v) is 8.16. The molecule has 1 fully saturated rings. The maximum atomic E-state index is 9.57. The second-order valence-electron chi connectivity index (χ2n) is 3.60. The van der Waals surface area contributed by atoms with Crippen LogP contribution in [-0.4, -0.2) is 48.0 Å². The third-order valence-corrected chi connectivity index (χ3v) is 2.48. The molecule has 1 saturated heterocycles. The SMILES string of the molecule is CCN(C(C)C)C1COCC1O. The zero-order valence-electron chi connectivity index (χ0n) is 8.16. The predicted octanol–water partition coefficient (Wildman–Crippen LogP) is 0.476. The predicted molar refractivity (Wildman–Crippen MR) is 48.1 cm³/mol. The van der Waals surface area contributed by atoms with Gasteiger partial charge in [0, 0.05) is 6.04 Å². The first-order chi connectivity index (χ1) is 5.66. The van der Waals surface area contributed by atoms with E-state index in [1.54, 1.807) is 0 Å². The van der Waals surface area contributed by atoms with Gasteiger partial charge in [0.05, 0.1) is 25.4 Å². The summed E-state index contributed by atoms with van der Waals surface area (Å²) in [6, 6.07) is 0.686. The standard InChI is InChI=1S/C9H19NO2/c1-4-10(7(2)3)8-5-12-6-9(8)11/h7-9,11H,4-6H2,1-3H3. The van der Waals surface area contributed by atoms with E-state index < -0.39 is 0 Å². The monoisotopic (exact) mass is 173 g/mol. The van der Waals surface area contributed by atoms with Crippen LogP contribution in [0, 0.1) is 0 Å². The Hall–Kier alpha value is -0.120. The molecule has 0 spiro atoms. The molecule has 3 nitrogen and oxygen atoms in total. The summed E-state index contributed by atoms with van der Waals surface area (Å²) in [5.74, 6) is 0. The Morgan fingerprint density at radius 2 is 2.17 bits per heavy atom. The van der Waals surface area contributed by atoms with Crippen LogP contribution >= 0.6 is 0 Å². The molecule has 12 heavy (non-hydrogen) atoms. The highest BCUT2D eigenvalue weighted by molar-refractivity contribution is 4.84. The van der Waals surface area contributed by atoms with Crippen molar-refractivity contribution >= 4 is 0 Å². The van der Waals surface area contributed by atoms with E-state index in [9.17, 15) is 5.11 Å². The van der Waals surface area contributed by atoms with Crippen LogP contribution in [0.25, 0.3) is 0 Å².